The van der Waals surface area contributed by atoms with Gasteiger partial charge in [0.1, 0.15) is 0 Å². The van der Waals surface area contributed by atoms with Crippen LogP contribution in [0.2, 0.25) is 0 Å². The number of aryl methyl sites for hydroxylation is 1. The quantitative estimate of drug-likeness (QED) is 0.353. The smallest absolute Gasteiger partial charge is 0.177 e. The molecule has 0 atom stereocenters. The van der Waals surface area contributed by atoms with Crippen molar-refractivity contribution in [2.24, 2.45) is 16.7 Å². The van der Waals surface area contributed by atoms with E-state index in [0.29, 0.717) is 5.17 Å². The SMILES string of the molecule is Cc1ccc(CS/C(N)=N/N)cc1.Cl. The molecular formula is C9H14ClN3S. The van der Waals surface area contributed by atoms with Gasteiger partial charge in [0.25, 0.3) is 0 Å². The average Bonchev–Trinajstić information content (AvgIpc) is 2.16. The minimum absolute atomic E-state index is 0. The zero-order chi connectivity index (χ0) is 9.68. The van der Waals surface area contributed by atoms with Crippen LogP contribution in [0.4, 0.5) is 0 Å². The van der Waals surface area contributed by atoms with E-state index in [-0.39, 0.29) is 12.4 Å². The van der Waals surface area contributed by atoms with Crippen molar-refractivity contribution in [3.05, 3.63) is 35.4 Å². The molecule has 0 radical (unpaired) electrons. The van der Waals surface area contributed by atoms with Crippen LogP contribution < -0.4 is 11.6 Å². The third kappa shape index (κ3) is 4.39. The highest BCUT2D eigenvalue weighted by molar-refractivity contribution is 8.13. The maximum absolute atomic E-state index is 5.44. The molecule has 0 aliphatic heterocycles. The van der Waals surface area contributed by atoms with E-state index in [1.807, 2.05) is 0 Å². The number of nitrogens with zero attached hydrogens (tertiary/aromatic N) is 1. The molecule has 0 bridgehead atoms. The van der Waals surface area contributed by atoms with Crippen LogP contribution in [-0.2, 0) is 5.75 Å². The van der Waals surface area contributed by atoms with E-state index in [1.54, 1.807) is 0 Å². The standard InChI is InChI=1S/C9H13N3S.ClH/c1-7-2-4-8(5-3-7)6-13-9(10)12-11;/h2-5H,6,11H2,1H3,(H2,10,12);1H. The van der Waals surface area contributed by atoms with Crippen LogP contribution in [0.1, 0.15) is 11.1 Å². The summed E-state index contributed by atoms with van der Waals surface area (Å²) in [5, 5.41) is 3.80. The average molecular weight is 232 g/mol. The maximum atomic E-state index is 5.44. The Morgan fingerprint density at radius 2 is 1.93 bits per heavy atom. The monoisotopic (exact) mass is 231 g/mol. The van der Waals surface area contributed by atoms with Crippen molar-refractivity contribution in [3.8, 4) is 0 Å². The first-order chi connectivity index (χ1) is 6.22. The van der Waals surface area contributed by atoms with Gasteiger partial charge in [-0.05, 0) is 12.5 Å². The van der Waals surface area contributed by atoms with Crippen molar-refractivity contribution in [1.29, 1.82) is 0 Å². The van der Waals surface area contributed by atoms with Crippen molar-refractivity contribution in [3.63, 3.8) is 0 Å². The molecule has 1 aromatic rings. The Morgan fingerprint density at radius 3 is 2.43 bits per heavy atom. The first kappa shape index (κ1) is 13.1. The molecule has 0 aliphatic carbocycles. The van der Waals surface area contributed by atoms with Gasteiger partial charge < -0.3 is 11.6 Å². The van der Waals surface area contributed by atoms with Crippen LogP contribution in [0.15, 0.2) is 29.4 Å². The fraction of sp³-hybridized carbons (Fsp3) is 0.222. The van der Waals surface area contributed by atoms with Gasteiger partial charge in [-0.2, -0.15) is 5.10 Å². The molecule has 78 valence electrons. The lowest BCUT2D eigenvalue weighted by Crippen LogP contribution is -2.09. The Hall–Kier alpha value is -0.870. The van der Waals surface area contributed by atoms with Crippen LogP contribution in [0.25, 0.3) is 0 Å². The fourth-order valence-corrected chi connectivity index (χ4v) is 1.46. The fourth-order valence-electron chi connectivity index (χ4n) is 0.879. The van der Waals surface area contributed by atoms with E-state index in [9.17, 15) is 0 Å². The molecule has 1 rings (SSSR count). The maximum Gasteiger partial charge on any atom is 0.177 e. The summed E-state index contributed by atoms with van der Waals surface area (Å²) in [5.74, 6) is 5.81. The lowest BCUT2D eigenvalue weighted by Gasteiger charge is -2.00. The number of rotatable bonds is 2. The zero-order valence-electron chi connectivity index (χ0n) is 7.93. The number of halogens is 1. The van der Waals surface area contributed by atoms with Gasteiger partial charge in [-0.3, -0.25) is 0 Å². The molecule has 0 heterocycles. The Labute approximate surface area is 94.3 Å². The van der Waals surface area contributed by atoms with Crippen LogP contribution in [0.5, 0.6) is 0 Å². The van der Waals surface area contributed by atoms with Crippen LogP contribution in [-0.4, -0.2) is 5.17 Å². The summed E-state index contributed by atoms with van der Waals surface area (Å²) in [6.07, 6.45) is 0. The molecule has 0 fully saturated rings. The number of thioether (sulfide) groups is 1. The Kier molecular flexibility index (Phi) is 6.16. The molecule has 0 aliphatic rings. The van der Waals surface area contributed by atoms with Gasteiger partial charge in [0.05, 0.1) is 0 Å². The van der Waals surface area contributed by atoms with Crippen LogP contribution in [0.3, 0.4) is 0 Å². The number of hydrogen-bond acceptors (Lipinski definition) is 3. The molecule has 14 heavy (non-hydrogen) atoms. The zero-order valence-corrected chi connectivity index (χ0v) is 9.57. The number of hydrogen-bond donors (Lipinski definition) is 2. The topological polar surface area (TPSA) is 64.4 Å². The Balaban J connectivity index is 0.00000169. The predicted octanol–water partition coefficient (Wildman–Crippen LogP) is 1.84. The predicted molar refractivity (Wildman–Crippen MR) is 65.5 cm³/mol. The Bertz CT molecular complexity index is 297. The summed E-state index contributed by atoms with van der Waals surface area (Å²) in [6, 6.07) is 8.30. The lowest BCUT2D eigenvalue weighted by molar-refractivity contribution is 1.25. The van der Waals surface area contributed by atoms with Gasteiger partial charge in [-0.15, -0.1) is 12.4 Å². The molecule has 3 nitrogen and oxygen atoms in total. The number of nitrogens with two attached hydrogens (primary N) is 2. The minimum atomic E-state index is 0. The van der Waals surface area contributed by atoms with Gasteiger partial charge in [-0.25, -0.2) is 0 Å². The van der Waals surface area contributed by atoms with Crippen LogP contribution in [0, 0.1) is 6.92 Å². The van der Waals surface area contributed by atoms with Crippen molar-refractivity contribution in [2.75, 3.05) is 0 Å². The summed E-state index contributed by atoms with van der Waals surface area (Å²) >= 11 is 1.44. The second-order valence-electron chi connectivity index (χ2n) is 2.74. The molecule has 0 aromatic heterocycles. The van der Waals surface area contributed by atoms with E-state index in [1.165, 1.54) is 22.9 Å². The minimum Gasteiger partial charge on any atom is -0.377 e. The largest absolute Gasteiger partial charge is 0.377 e. The van der Waals surface area contributed by atoms with Crippen molar-refractivity contribution in [2.45, 2.75) is 12.7 Å². The third-order valence-corrected chi connectivity index (χ3v) is 2.51. The first-order valence-corrected chi connectivity index (χ1v) is 4.92. The van der Waals surface area contributed by atoms with E-state index < -0.39 is 0 Å². The summed E-state index contributed by atoms with van der Waals surface area (Å²) < 4.78 is 0. The second-order valence-corrected chi connectivity index (χ2v) is 3.74. The molecule has 0 unspecified atom stereocenters. The van der Waals surface area contributed by atoms with Gasteiger partial charge in [-0.1, -0.05) is 41.6 Å². The molecule has 4 N–H and O–H groups in total. The van der Waals surface area contributed by atoms with Gasteiger partial charge in [0.2, 0.25) is 0 Å². The number of benzene rings is 1. The van der Waals surface area contributed by atoms with Crippen molar-refractivity contribution in [1.82, 2.24) is 0 Å². The van der Waals surface area contributed by atoms with Crippen molar-refractivity contribution < 1.29 is 0 Å². The second kappa shape index (κ2) is 6.56. The number of hydrazone groups is 1. The lowest BCUT2D eigenvalue weighted by atomic mass is 10.2. The van der Waals surface area contributed by atoms with E-state index in [2.05, 4.69) is 36.3 Å². The first-order valence-electron chi connectivity index (χ1n) is 3.94. The molecule has 0 amide bonds. The molecule has 0 saturated heterocycles. The highest BCUT2D eigenvalue weighted by Crippen LogP contribution is 2.12. The van der Waals surface area contributed by atoms with Gasteiger partial charge in [0, 0.05) is 5.75 Å². The Morgan fingerprint density at radius 1 is 1.36 bits per heavy atom. The molecule has 5 heteroatoms. The van der Waals surface area contributed by atoms with Crippen molar-refractivity contribution >= 4 is 29.3 Å². The summed E-state index contributed by atoms with van der Waals surface area (Å²) in [6.45, 7) is 2.06. The highest BCUT2D eigenvalue weighted by atomic mass is 35.5. The number of amidine groups is 1. The summed E-state index contributed by atoms with van der Waals surface area (Å²) in [5.41, 5.74) is 7.92. The van der Waals surface area contributed by atoms with Gasteiger partial charge >= 0.3 is 0 Å². The van der Waals surface area contributed by atoms with Gasteiger partial charge in [0.15, 0.2) is 5.17 Å². The normalized spacial score (nSPS) is 10.8. The van der Waals surface area contributed by atoms with Crippen LogP contribution >= 0.6 is 24.2 Å². The summed E-state index contributed by atoms with van der Waals surface area (Å²) in [7, 11) is 0. The third-order valence-electron chi connectivity index (χ3n) is 1.63. The molecule has 1 aromatic carbocycles. The summed E-state index contributed by atoms with van der Waals surface area (Å²) in [4.78, 5) is 0. The molecule has 0 saturated carbocycles. The van der Waals surface area contributed by atoms with E-state index in [4.69, 9.17) is 11.6 Å². The van der Waals surface area contributed by atoms with E-state index in [0.717, 1.165) is 5.75 Å². The molecule has 0 spiro atoms. The van der Waals surface area contributed by atoms with E-state index >= 15 is 0 Å². The molecular weight excluding hydrogens is 218 g/mol. The highest BCUT2D eigenvalue weighted by Gasteiger charge is 1.95.